The first-order chi connectivity index (χ1) is 14.9. The van der Waals surface area contributed by atoms with Gasteiger partial charge < -0.3 is 5.32 Å². The summed E-state index contributed by atoms with van der Waals surface area (Å²) >= 11 is 12.8. The molecule has 0 atom stereocenters. The van der Waals surface area contributed by atoms with Crippen LogP contribution in [-0.4, -0.2) is 31.1 Å². The largest absolute Gasteiger partial charge is 0.370 e. The number of thiocarbonyl (C=S) groups is 1. The van der Waals surface area contributed by atoms with E-state index in [4.69, 9.17) is 23.8 Å². The number of fused-ring (bicyclic) bond motifs is 1. The topological polar surface area (TPSA) is 66.7 Å². The molecule has 4 rings (SSSR count). The lowest BCUT2D eigenvalue weighted by Crippen LogP contribution is -2.27. The van der Waals surface area contributed by atoms with Crippen LogP contribution in [0.3, 0.4) is 0 Å². The van der Waals surface area contributed by atoms with E-state index in [1.54, 1.807) is 24.4 Å². The minimum atomic E-state index is -0.258. The first-order valence-corrected chi connectivity index (χ1v) is 11.3. The molecule has 1 amide bonds. The van der Waals surface area contributed by atoms with Gasteiger partial charge in [-0.2, -0.15) is 0 Å². The van der Waals surface area contributed by atoms with Crippen molar-refractivity contribution in [2.75, 3.05) is 11.9 Å². The Kier molecular flexibility index (Phi) is 6.13. The standard InChI is InChI=1S/C22H19ClN4O2S2/c1-3-24-18-15(20(28)26-10-6-7-13(2)19(26)25-18)11-17-21(29)27(22(30)31-17)12-14-8-4-5-9-16(14)23/h4-11,24H,3,12H2,1-2H3. The zero-order valence-electron chi connectivity index (χ0n) is 16.9. The second kappa shape index (κ2) is 8.82. The number of nitrogens with zero attached hydrogens (tertiary/aromatic N) is 3. The lowest BCUT2D eigenvalue weighted by atomic mass is 10.2. The summed E-state index contributed by atoms with van der Waals surface area (Å²) in [7, 11) is 0. The summed E-state index contributed by atoms with van der Waals surface area (Å²) in [5.74, 6) is 0.185. The summed E-state index contributed by atoms with van der Waals surface area (Å²) in [4.78, 5) is 32.8. The molecule has 1 N–H and O–H groups in total. The van der Waals surface area contributed by atoms with Gasteiger partial charge in [0.05, 0.1) is 17.0 Å². The highest BCUT2D eigenvalue weighted by Gasteiger charge is 2.33. The molecule has 2 aromatic heterocycles. The lowest BCUT2D eigenvalue weighted by Gasteiger charge is -2.15. The average molecular weight is 471 g/mol. The number of aryl methyl sites for hydroxylation is 1. The number of thioether (sulfide) groups is 1. The van der Waals surface area contributed by atoms with Gasteiger partial charge in [-0.25, -0.2) is 4.98 Å². The molecule has 1 fully saturated rings. The molecule has 9 heteroatoms. The normalized spacial score (nSPS) is 15.3. The quantitative estimate of drug-likeness (QED) is 0.437. The van der Waals surface area contributed by atoms with Crippen LogP contribution in [0, 0.1) is 6.92 Å². The predicted octanol–water partition coefficient (Wildman–Crippen LogP) is 4.49. The molecule has 158 valence electrons. The van der Waals surface area contributed by atoms with Gasteiger partial charge in [0, 0.05) is 17.8 Å². The molecular weight excluding hydrogens is 452 g/mol. The van der Waals surface area contributed by atoms with E-state index in [-0.39, 0.29) is 18.0 Å². The minimum absolute atomic E-state index is 0.249. The second-order valence-electron chi connectivity index (χ2n) is 6.95. The SMILES string of the molecule is CCNc1nc2c(C)cccn2c(=O)c1C=C1SC(=S)N(Cc2ccccc2Cl)C1=O. The molecule has 0 saturated carbocycles. The van der Waals surface area contributed by atoms with Crippen LogP contribution in [0.5, 0.6) is 0 Å². The molecule has 0 aliphatic carbocycles. The van der Waals surface area contributed by atoms with E-state index in [1.807, 2.05) is 38.1 Å². The molecule has 0 radical (unpaired) electrons. The van der Waals surface area contributed by atoms with Crippen LogP contribution in [0.25, 0.3) is 11.7 Å². The number of halogens is 1. The number of carbonyl (C=O) groups is 1. The summed E-state index contributed by atoms with van der Waals surface area (Å²) < 4.78 is 1.91. The van der Waals surface area contributed by atoms with Gasteiger partial charge in [-0.1, -0.05) is 59.8 Å². The van der Waals surface area contributed by atoms with Crippen LogP contribution in [0.1, 0.15) is 23.6 Å². The van der Waals surface area contributed by atoms with Crippen LogP contribution in [0.2, 0.25) is 5.02 Å². The maximum atomic E-state index is 13.2. The fraction of sp³-hybridized carbons (Fsp3) is 0.182. The Bertz CT molecular complexity index is 1300. The molecule has 0 unspecified atom stereocenters. The van der Waals surface area contributed by atoms with Crippen LogP contribution in [-0.2, 0) is 11.3 Å². The Hall–Kier alpha value is -2.68. The van der Waals surface area contributed by atoms with E-state index in [9.17, 15) is 9.59 Å². The number of carbonyl (C=O) groups excluding carboxylic acids is 1. The van der Waals surface area contributed by atoms with Crippen molar-refractivity contribution in [2.45, 2.75) is 20.4 Å². The van der Waals surface area contributed by atoms with Crippen LogP contribution in [0.15, 0.2) is 52.3 Å². The number of hydrogen-bond acceptors (Lipinski definition) is 6. The number of nitrogens with one attached hydrogen (secondary N) is 1. The third-order valence-electron chi connectivity index (χ3n) is 4.86. The number of pyridine rings is 1. The Morgan fingerprint density at radius 2 is 2.00 bits per heavy atom. The maximum absolute atomic E-state index is 13.2. The fourth-order valence-electron chi connectivity index (χ4n) is 3.31. The van der Waals surface area contributed by atoms with Crippen molar-refractivity contribution < 1.29 is 4.79 Å². The molecular formula is C22H19ClN4O2S2. The Balaban J connectivity index is 1.76. The van der Waals surface area contributed by atoms with Crippen molar-refractivity contribution in [3.05, 3.63) is 79.6 Å². The van der Waals surface area contributed by atoms with E-state index in [1.165, 1.54) is 21.1 Å². The number of aromatic nitrogens is 2. The van der Waals surface area contributed by atoms with Gasteiger partial charge in [0.1, 0.15) is 15.8 Å². The van der Waals surface area contributed by atoms with Crippen molar-refractivity contribution in [2.24, 2.45) is 0 Å². The van der Waals surface area contributed by atoms with E-state index in [2.05, 4.69) is 10.3 Å². The first-order valence-electron chi connectivity index (χ1n) is 9.65. The van der Waals surface area contributed by atoms with Crippen molar-refractivity contribution in [3.8, 4) is 0 Å². The number of anilines is 1. The third-order valence-corrected chi connectivity index (χ3v) is 6.61. The van der Waals surface area contributed by atoms with E-state index < -0.39 is 0 Å². The highest BCUT2D eigenvalue weighted by Crippen LogP contribution is 2.34. The molecule has 1 saturated heterocycles. The molecule has 0 spiro atoms. The minimum Gasteiger partial charge on any atom is -0.370 e. The number of hydrogen-bond donors (Lipinski definition) is 1. The monoisotopic (exact) mass is 470 g/mol. The lowest BCUT2D eigenvalue weighted by molar-refractivity contribution is -0.122. The van der Waals surface area contributed by atoms with Gasteiger partial charge in [-0.3, -0.25) is 18.9 Å². The first kappa shape index (κ1) is 21.5. The van der Waals surface area contributed by atoms with Gasteiger partial charge in [-0.05, 0) is 43.2 Å². The molecule has 1 aliphatic rings. The predicted molar refractivity (Wildman–Crippen MR) is 131 cm³/mol. The van der Waals surface area contributed by atoms with Gasteiger partial charge in [0.2, 0.25) is 0 Å². The van der Waals surface area contributed by atoms with Crippen LogP contribution >= 0.6 is 35.6 Å². The molecule has 3 aromatic rings. The molecule has 0 bridgehead atoms. The Morgan fingerprint density at radius 3 is 2.74 bits per heavy atom. The highest BCUT2D eigenvalue weighted by atomic mass is 35.5. The van der Waals surface area contributed by atoms with Crippen LogP contribution < -0.4 is 10.9 Å². The Labute approximate surface area is 193 Å². The maximum Gasteiger partial charge on any atom is 0.267 e. The molecule has 1 aromatic carbocycles. The van der Waals surface area contributed by atoms with Gasteiger partial charge in [-0.15, -0.1) is 0 Å². The summed E-state index contributed by atoms with van der Waals surface area (Å²) in [6.07, 6.45) is 3.25. The molecule has 1 aliphatic heterocycles. The van der Waals surface area contributed by atoms with Crippen LogP contribution in [0.4, 0.5) is 5.82 Å². The van der Waals surface area contributed by atoms with Gasteiger partial charge >= 0.3 is 0 Å². The smallest absolute Gasteiger partial charge is 0.267 e. The number of benzene rings is 1. The summed E-state index contributed by atoms with van der Waals surface area (Å²) in [5, 5.41) is 3.71. The zero-order chi connectivity index (χ0) is 22.1. The molecule has 3 heterocycles. The fourth-order valence-corrected chi connectivity index (χ4v) is 4.74. The van der Waals surface area contributed by atoms with Gasteiger partial charge in [0.25, 0.3) is 11.5 Å². The van der Waals surface area contributed by atoms with Gasteiger partial charge in [0.15, 0.2) is 0 Å². The molecule has 31 heavy (non-hydrogen) atoms. The summed E-state index contributed by atoms with van der Waals surface area (Å²) in [6.45, 7) is 4.68. The zero-order valence-corrected chi connectivity index (χ0v) is 19.3. The third kappa shape index (κ3) is 4.11. The number of amides is 1. The Morgan fingerprint density at radius 1 is 1.23 bits per heavy atom. The summed E-state index contributed by atoms with van der Waals surface area (Å²) in [5.41, 5.74) is 2.34. The second-order valence-corrected chi connectivity index (χ2v) is 9.04. The van der Waals surface area contributed by atoms with Crippen molar-refractivity contribution >= 4 is 63.3 Å². The number of rotatable bonds is 5. The van der Waals surface area contributed by atoms with E-state index >= 15 is 0 Å². The van der Waals surface area contributed by atoms with Crippen molar-refractivity contribution in [1.82, 2.24) is 14.3 Å². The van der Waals surface area contributed by atoms with Crippen molar-refractivity contribution in [1.29, 1.82) is 0 Å². The van der Waals surface area contributed by atoms with Crippen molar-refractivity contribution in [3.63, 3.8) is 0 Å². The average Bonchev–Trinajstić information content (AvgIpc) is 3.00. The highest BCUT2D eigenvalue weighted by molar-refractivity contribution is 8.26. The van der Waals surface area contributed by atoms with E-state index in [0.717, 1.165) is 11.1 Å². The molecule has 6 nitrogen and oxygen atoms in total. The van der Waals surface area contributed by atoms with E-state index in [0.29, 0.717) is 37.8 Å². The summed E-state index contributed by atoms with van der Waals surface area (Å²) in [6, 6.07) is 11.0.